The Morgan fingerprint density at radius 2 is 1.44 bits per heavy atom. The molecule has 1 aromatic heterocycles. The van der Waals surface area contributed by atoms with E-state index in [1.807, 2.05) is 13.8 Å². The molecule has 17 heteroatoms. The van der Waals surface area contributed by atoms with E-state index in [0.29, 0.717) is 16.6 Å². The molecule has 330 valence electrons. The zero-order chi connectivity index (χ0) is 42.7. The average Bonchev–Trinajstić information content (AvgIpc) is 3.46. The van der Waals surface area contributed by atoms with E-state index in [0.717, 1.165) is 44.9 Å². The van der Waals surface area contributed by atoms with E-state index in [1.54, 1.807) is 13.8 Å². The van der Waals surface area contributed by atoms with Crippen LogP contribution in [0.3, 0.4) is 0 Å². The Labute approximate surface area is 344 Å². The number of carbonyl (C=O) groups excluding carboxylic acids is 1. The van der Waals surface area contributed by atoms with Gasteiger partial charge in [0, 0.05) is 11.7 Å². The number of aliphatic hydroxyl groups excluding tert-OH is 7. The van der Waals surface area contributed by atoms with E-state index in [9.17, 15) is 50.1 Å². The molecule has 0 radical (unpaired) electrons. The van der Waals surface area contributed by atoms with Crippen LogP contribution in [0.4, 0.5) is 0 Å². The quantitative estimate of drug-likeness (QED) is 0.0448. The molecule has 2 fully saturated rings. The molecule has 2 aliphatic heterocycles. The van der Waals surface area contributed by atoms with E-state index in [2.05, 4.69) is 40.0 Å². The lowest BCUT2D eigenvalue weighted by Gasteiger charge is -2.43. The number of hydrogen-bond acceptors (Lipinski definition) is 14. The summed E-state index contributed by atoms with van der Waals surface area (Å²) < 4.78 is 23.8. The van der Waals surface area contributed by atoms with E-state index < -0.39 is 86.5 Å². The second-order valence-electron chi connectivity index (χ2n) is 15.2. The number of aromatic nitrogens is 2. The number of aromatic amines is 1. The minimum absolute atomic E-state index is 0.0804. The number of halogens is 1. The Bertz CT molecular complexity index is 1460. The van der Waals surface area contributed by atoms with Gasteiger partial charge in [0.15, 0.2) is 12.4 Å². The number of nitrogens with one attached hydrogen (secondary N) is 1. The van der Waals surface area contributed by atoms with Gasteiger partial charge >= 0.3 is 11.7 Å². The maximum atomic E-state index is 13.0. The summed E-state index contributed by atoms with van der Waals surface area (Å²) in [5.74, 6) is -3.47. The molecule has 8 N–H and O–H groups in total. The molecule has 16 nitrogen and oxygen atoms in total. The highest BCUT2D eigenvalue weighted by Crippen LogP contribution is 2.38. The van der Waals surface area contributed by atoms with Gasteiger partial charge in [0.1, 0.15) is 47.7 Å². The lowest BCUT2D eigenvalue weighted by atomic mass is 9.98. The Hall–Kier alpha value is -2.03. The summed E-state index contributed by atoms with van der Waals surface area (Å²) in [7, 11) is 0. The van der Waals surface area contributed by atoms with Crippen molar-refractivity contribution in [1.82, 2.24) is 9.55 Å². The van der Waals surface area contributed by atoms with Gasteiger partial charge in [-0.1, -0.05) is 84.3 Å². The molecule has 0 spiro atoms. The fourth-order valence-electron chi connectivity index (χ4n) is 6.69. The number of aryl methyl sites for hydroxylation is 1. The van der Waals surface area contributed by atoms with Crippen LogP contribution in [0, 0.1) is 12.8 Å². The maximum absolute atomic E-state index is 13.0. The van der Waals surface area contributed by atoms with Gasteiger partial charge in [0.05, 0.1) is 19.1 Å². The van der Waals surface area contributed by atoms with Crippen LogP contribution in [0.15, 0.2) is 26.2 Å². The largest absolute Gasteiger partial charge is 0.453 e. The number of unbranched alkanes of at least 4 members (excludes halogenated alkanes) is 10. The third-order valence-electron chi connectivity index (χ3n) is 10.6. The van der Waals surface area contributed by atoms with E-state index in [4.69, 9.17) is 18.9 Å². The van der Waals surface area contributed by atoms with Crippen molar-refractivity contribution in [2.45, 2.75) is 185 Å². The minimum atomic E-state index is -2.27. The number of carbonyl (C=O) groups is 1. The number of H-pyrrole nitrogens is 1. The normalized spacial score (nSPS) is 28.6. The summed E-state index contributed by atoms with van der Waals surface area (Å²) in [6, 6.07) is -0.0804. The summed E-state index contributed by atoms with van der Waals surface area (Å²) in [4.78, 5) is 38.8. The lowest BCUT2D eigenvalue weighted by molar-refractivity contribution is -0.384. The molecule has 0 aliphatic carbocycles. The molecule has 2 saturated heterocycles. The summed E-state index contributed by atoms with van der Waals surface area (Å²) >= 11 is 3.16. The first-order valence-corrected chi connectivity index (χ1v) is 21.4. The predicted octanol–water partition coefficient (Wildman–Crippen LogP) is 3.02. The van der Waals surface area contributed by atoms with Crippen molar-refractivity contribution in [2.24, 2.45) is 5.92 Å². The van der Waals surface area contributed by atoms with Crippen molar-refractivity contribution in [2.75, 3.05) is 19.8 Å². The second-order valence-corrected chi connectivity index (χ2v) is 16.0. The van der Waals surface area contributed by atoms with Crippen molar-refractivity contribution in [3.05, 3.63) is 43.2 Å². The zero-order valence-corrected chi connectivity index (χ0v) is 35.8. The fourth-order valence-corrected chi connectivity index (χ4v) is 6.98. The Morgan fingerprint density at radius 1 is 0.860 bits per heavy atom. The molecular formula is C40H69BrN2O14. The second kappa shape index (κ2) is 26.2. The van der Waals surface area contributed by atoms with Gasteiger partial charge in [-0.05, 0) is 68.3 Å². The third-order valence-corrected chi connectivity index (χ3v) is 11.5. The van der Waals surface area contributed by atoms with Crippen LogP contribution in [0.5, 0.6) is 0 Å². The average molecular weight is 882 g/mol. The first-order chi connectivity index (χ1) is 27.1. The number of nitrogens with zero attached hydrogens (tertiary/aromatic N) is 1. The molecule has 0 amide bonds. The Kier molecular flexibility index (Phi) is 23.5. The van der Waals surface area contributed by atoms with Gasteiger partial charge in [0.2, 0.25) is 5.79 Å². The van der Waals surface area contributed by atoms with Gasteiger partial charge in [-0.2, -0.15) is 0 Å². The van der Waals surface area contributed by atoms with Gasteiger partial charge in [0.25, 0.3) is 5.56 Å². The van der Waals surface area contributed by atoms with Crippen LogP contribution >= 0.6 is 15.9 Å². The van der Waals surface area contributed by atoms with Crippen molar-refractivity contribution in [3.63, 3.8) is 0 Å². The molecule has 0 bridgehead atoms. The number of esters is 1. The smallest absolute Gasteiger partial charge is 0.328 e. The van der Waals surface area contributed by atoms with Gasteiger partial charge in [-0.3, -0.25) is 14.2 Å². The first-order valence-electron chi connectivity index (χ1n) is 20.6. The highest BCUT2D eigenvalue weighted by Gasteiger charge is 2.61. The molecule has 1 aromatic rings. The fraction of sp³-hybridized carbons (Fsp3) is 0.825. The first kappa shape index (κ1) is 51.1. The van der Waals surface area contributed by atoms with Gasteiger partial charge in [-0.15, -0.1) is 0 Å². The van der Waals surface area contributed by atoms with Crippen molar-refractivity contribution >= 4 is 21.9 Å². The highest BCUT2D eigenvalue weighted by atomic mass is 79.9. The SMILES string of the molecule is CCC(C)n1c(=O)[nH]c(C)c(Br)c1=O.CCCCCCCC/C=C\CCCCCCC(C)C(=O)O[C@H]1[C@H](O)[C@@H](CO)O[C@@]1(CO)O[C@H]1O[C@H](CO)[C@@H](O)[C@H](O)[C@H]1O. The summed E-state index contributed by atoms with van der Waals surface area (Å²) in [6.45, 7) is 7.00. The molecule has 11 atom stereocenters. The lowest BCUT2D eigenvalue weighted by Crippen LogP contribution is -2.63. The summed E-state index contributed by atoms with van der Waals surface area (Å²) in [6.07, 6.45) is 6.86. The standard InChI is InChI=1S/C31H56O12.C9H13BrN2O2/c1-3-4-5-6-7-8-9-10-11-12-13-14-15-16-17-21(2)29(39)41-28-25(36)23(19-33)42-31(28,20-34)43-30-27(38)26(37)24(35)22(18-32)40-30;1-4-5(2)12-8(13)7(10)6(3)11-9(12)14/h10-11,21-28,30,32-38H,3-9,12-20H2,1-2H3;5H,4H2,1-3H3,(H,11,14)/b11-10-;/t21?,22-,23-,24-,25-,26+,27-,28+,30-,31+;/m1./s1. The molecule has 2 unspecified atom stereocenters. The molecule has 0 aromatic carbocycles. The van der Waals surface area contributed by atoms with Crippen molar-refractivity contribution in [3.8, 4) is 0 Å². The maximum Gasteiger partial charge on any atom is 0.328 e. The Morgan fingerprint density at radius 3 is 2.00 bits per heavy atom. The number of rotatable bonds is 23. The number of allylic oxidation sites excluding steroid dienone is 2. The van der Waals surface area contributed by atoms with Crippen LogP contribution in [-0.4, -0.2) is 126 Å². The van der Waals surface area contributed by atoms with E-state index in [1.165, 1.54) is 43.1 Å². The molecular weight excluding hydrogens is 812 g/mol. The van der Waals surface area contributed by atoms with Crippen LogP contribution < -0.4 is 11.2 Å². The number of ether oxygens (including phenoxy) is 4. The molecule has 2 aliphatic rings. The van der Waals surface area contributed by atoms with Crippen LogP contribution in [0.1, 0.15) is 129 Å². The van der Waals surface area contributed by atoms with Gasteiger partial charge < -0.3 is 59.7 Å². The van der Waals surface area contributed by atoms with Crippen molar-refractivity contribution < 1.29 is 59.5 Å². The minimum Gasteiger partial charge on any atom is -0.453 e. The predicted molar refractivity (Wildman–Crippen MR) is 215 cm³/mol. The Balaban J connectivity index is 0.000000671. The van der Waals surface area contributed by atoms with Gasteiger partial charge in [-0.25, -0.2) is 4.79 Å². The monoisotopic (exact) mass is 880 g/mol. The van der Waals surface area contributed by atoms with Crippen molar-refractivity contribution in [1.29, 1.82) is 0 Å². The zero-order valence-electron chi connectivity index (χ0n) is 34.3. The van der Waals surface area contributed by atoms with E-state index >= 15 is 0 Å². The molecule has 3 heterocycles. The highest BCUT2D eigenvalue weighted by molar-refractivity contribution is 9.10. The number of hydrogen-bond donors (Lipinski definition) is 8. The van der Waals surface area contributed by atoms with E-state index in [-0.39, 0.29) is 17.3 Å². The topological polar surface area (TPSA) is 250 Å². The molecule has 3 rings (SSSR count). The van der Waals surface area contributed by atoms with Crippen LogP contribution in [-0.2, 0) is 23.7 Å². The third kappa shape index (κ3) is 14.9. The number of aliphatic hydroxyl groups is 7. The van der Waals surface area contributed by atoms with Crippen LogP contribution in [0.25, 0.3) is 0 Å². The molecule has 0 saturated carbocycles. The summed E-state index contributed by atoms with van der Waals surface area (Å²) in [5, 5.41) is 70.7. The molecule has 57 heavy (non-hydrogen) atoms. The van der Waals surface area contributed by atoms with Crippen LogP contribution in [0.2, 0.25) is 0 Å². The summed E-state index contributed by atoms with van der Waals surface area (Å²) in [5.41, 5.74) is -0.0368.